The van der Waals surface area contributed by atoms with E-state index in [1.165, 1.54) is 12.0 Å². The van der Waals surface area contributed by atoms with E-state index in [1.54, 1.807) is 32.3 Å². The van der Waals surface area contributed by atoms with Crippen molar-refractivity contribution in [1.29, 1.82) is 0 Å². The number of carbonyl (C=O) groups is 1. The van der Waals surface area contributed by atoms with Gasteiger partial charge in [-0.1, -0.05) is 6.07 Å². The molecule has 0 radical (unpaired) electrons. The lowest BCUT2D eigenvalue weighted by molar-refractivity contribution is 0.0824. The van der Waals surface area contributed by atoms with Gasteiger partial charge < -0.3 is 20.3 Å². The molecule has 0 unspecified atom stereocenters. The van der Waals surface area contributed by atoms with Gasteiger partial charge in [0.15, 0.2) is 5.75 Å². The van der Waals surface area contributed by atoms with Crippen molar-refractivity contribution in [2.45, 2.75) is 19.9 Å². The number of anilines is 3. The van der Waals surface area contributed by atoms with E-state index < -0.39 is 10.9 Å². The van der Waals surface area contributed by atoms with Gasteiger partial charge in [0.2, 0.25) is 0 Å². The second-order valence-corrected chi connectivity index (χ2v) is 5.92. The Hall–Kier alpha value is -2.83. The maximum atomic E-state index is 12.2. The molecule has 2 N–H and O–H groups in total. The van der Waals surface area contributed by atoms with E-state index in [9.17, 15) is 14.4 Å². The van der Waals surface area contributed by atoms with Crippen LogP contribution in [0.5, 0.6) is 5.75 Å². The van der Waals surface area contributed by atoms with Gasteiger partial charge in [-0.25, -0.2) is 0 Å². The lowest BCUT2D eigenvalue weighted by atomic mass is 10.1. The number of amides is 1. The van der Waals surface area contributed by atoms with Gasteiger partial charge in [0, 0.05) is 20.1 Å². The first-order chi connectivity index (χ1) is 11.3. The van der Waals surface area contributed by atoms with Gasteiger partial charge in [0.25, 0.3) is 16.8 Å². The van der Waals surface area contributed by atoms with Gasteiger partial charge in [-0.05, 0) is 26.0 Å². The maximum absolute atomic E-state index is 12.2. The smallest absolute Gasteiger partial charge is 0.257 e. The van der Waals surface area contributed by atoms with E-state index in [2.05, 4.69) is 10.6 Å². The molecule has 0 aliphatic rings. The second-order valence-electron chi connectivity index (χ2n) is 5.92. The normalized spacial score (nSPS) is 10.8. The van der Waals surface area contributed by atoms with E-state index in [0.29, 0.717) is 17.0 Å². The Morgan fingerprint density at radius 3 is 2.29 bits per heavy atom. The van der Waals surface area contributed by atoms with Crippen LogP contribution < -0.4 is 26.2 Å². The van der Waals surface area contributed by atoms with Crippen LogP contribution in [0.1, 0.15) is 24.2 Å². The number of nitrogens with one attached hydrogen (secondary N) is 2. The summed E-state index contributed by atoms with van der Waals surface area (Å²) in [5.74, 6) is 0.0979. The fourth-order valence-electron chi connectivity index (χ4n) is 2.34. The van der Waals surface area contributed by atoms with Gasteiger partial charge in [0.05, 0.1) is 18.4 Å². The first-order valence-electron chi connectivity index (χ1n) is 7.53. The van der Waals surface area contributed by atoms with Gasteiger partial charge in [-0.3, -0.25) is 14.4 Å². The zero-order valence-corrected chi connectivity index (χ0v) is 14.4. The monoisotopic (exact) mass is 331 g/mol. The highest BCUT2D eigenvalue weighted by Gasteiger charge is 2.24. The fraction of sp³-hybridized carbons (Fsp3) is 0.353. The molecule has 128 valence electrons. The molecule has 0 heterocycles. The summed E-state index contributed by atoms with van der Waals surface area (Å²) in [7, 11) is 4.73. The molecule has 2 aromatic carbocycles. The molecule has 0 bridgehead atoms. The summed E-state index contributed by atoms with van der Waals surface area (Å²) in [4.78, 5) is 37.3. The van der Waals surface area contributed by atoms with E-state index in [-0.39, 0.29) is 23.3 Å². The topological polar surface area (TPSA) is 87.7 Å². The highest BCUT2D eigenvalue weighted by Crippen LogP contribution is 2.33. The summed E-state index contributed by atoms with van der Waals surface area (Å²) < 4.78 is 5.35. The fourth-order valence-corrected chi connectivity index (χ4v) is 2.34. The van der Waals surface area contributed by atoms with Crippen LogP contribution in [0.25, 0.3) is 0 Å². The summed E-state index contributed by atoms with van der Waals surface area (Å²) in [5, 5.41) is 5.87. The minimum absolute atomic E-state index is 0.0115. The largest absolute Gasteiger partial charge is 0.494 e. The van der Waals surface area contributed by atoms with Crippen molar-refractivity contribution >= 4 is 23.0 Å². The summed E-state index contributed by atoms with van der Waals surface area (Å²) in [6, 6.07) is 5.02. The Morgan fingerprint density at radius 2 is 1.75 bits per heavy atom. The average Bonchev–Trinajstić information content (AvgIpc) is 2.56. The molecular weight excluding hydrogens is 310 g/mol. The number of rotatable bonds is 6. The molecule has 0 atom stereocenters. The third-order valence-corrected chi connectivity index (χ3v) is 3.46. The van der Waals surface area contributed by atoms with Gasteiger partial charge in [-0.15, -0.1) is 0 Å². The molecular formula is C17H21N3O4. The van der Waals surface area contributed by atoms with Crippen molar-refractivity contribution in [3.63, 3.8) is 0 Å². The van der Waals surface area contributed by atoms with Crippen molar-refractivity contribution in [2.24, 2.45) is 0 Å². The molecule has 0 aliphatic carbocycles. The number of nitrogens with zero attached hydrogens (tertiary/aromatic N) is 1. The maximum Gasteiger partial charge on any atom is 0.257 e. The minimum Gasteiger partial charge on any atom is -0.494 e. The van der Waals surface area contributed by atoms with Gasteiger partial charge in [-0.2, -0.15) is 0 Å². The molecule has 24 heavy (non-hydrogen) atoms. The summed E-state index contributed by atoms with van der Waals surface area (Å²) in [6.07, 6.45) is 0. The standard InChI is InChI=1S/C17H21N3O4/c1-9(2)18-12-13(15(22)14(12)21)19-11-8-6-7-10(16(11)24-5)17(23)20(3)4/h6-9,18-19H,1-5H3. The van der Waals surface area contributed by atoms with E-state index >= 15 is 0 Å². The zero-order valence-electron chi connectivity index (χ0n) is 14.4. The molecule has 0 saturated heterocycles. The van der Waals surface area contributed by atoms with Crippen molar-refractivity contribution in [3.05, 3.63) is 44.2 Å². The van der Waals surface area contributed by atoms with Crippen LogP contribution in [0.2, 0.25) is 0 Å². The lowest BCUT2D eigenvalue weighted by Gasteiger charge is -2.20. The second kappa shape index (κ2) is 6.74. The third-order valence-electron chi connectivity index (χ3n) is 3.46. The Morgan fingerprint density at radius 1 is 1.12 bits per heavy atom. The minimum atomic E-state index is -0.593. The van der Waals surface area contributed by atoms with Crippen LogP contribution in [0, 0.1) is 0 Å². The van der Waals surface area contributed by atoms with Crippen LogP contribution >= 0.6 is 0 Å². The number of hydrogen-bond donors (Lipinski definition) is 2. The molecule has 0 fully saturated rings. The number of para-hydroxylation sites is 1. The molecule has 2 rings (SSSR count). The highest BCUT2D eigenvalue weighted by atomic mass is 16.5. The van der Waals surface area contributed by atoms with Crippen LogP contribution in [0.3, 0.4) is 0 Å². The molecule has 0 aromatic heterocycles. The molecule has 0 spiro atoms. The number of hydrogen-bond acceptors (Lipinski definition) is 6. The molecule has 0 saturated carbocycles. The number of benzene rings is 1. The van der Waals surface area contributed by atoms with Crippen molar-refractivity contribution in [3.8, 4) is 5.75 Å². The third kappa shape index (κ3) is 3.10. The van der Waals surface area contributed by atoms with Crippen LogP contribution in [0.4, 0.5) is 17.1 Å². The summed E-state index contributed by atoms with van der Waals surface area (Å²) >= 11 is 0. The molecule has 1 amide bonds. The lowest BCUT2D eigenvalue weighted by Crippen LogP contribution is -2.38. The number of methoxy groups -OCH3 is 1. The quantitative estimate of drug-likeness (QED) is 0.781. The Balaban J connectivity index is 2.43. The summed E-state index contributed by atoms with van der Waals surface area (Å²) in [5.41, 5.74) is 0.103. The first kappa shape index (κ1) is 17.5. The van der Waals surface area contributed by atoms with Crippen molar-refractivity contribution < 1.29 is 9.53 Å². The van der Waals surface area contributed by atoms with Gasteiger partial charge in [0.1, 0.15) is 11.4 Å². The summed E-state index contributed by atoms with van der Waals surface area (Å²) in [6.45, 7) is 3.75. The van der Waals surface area contributed by atoms with Crippen molar-refractivity contribution in [1.82, 2.24) is 4.90 Å². The van der Waals surface area contributed by atoms with E-state index in [1.807, 2.05) is 13.8 Å². The Bertz CT molecular complexity index is 833. The Kier molecular flexibility index (Phi) is 4.92. The molecule has 7 heteroatoms. The van der Waals surface area contributed by atoms with E-state index in [4.69, 9.17) is 4.74 Å². The molecule has 0 aliphatic heterocycles. The van der Waals surface area contributed by atoms with Crippen molar-refractivity contribution in [2.75, 3.05) is 31.8 Å². The molecule has 7 nitrogen and oxygen atoms in total. The predicted octanol–water partition coefficient (Wildman–Crippen LogP) is 1.56. The van der Waals surface area contributed by atoms with Crippen LogP contribution in [0.15, 0.2) is 27.8 Å². The van der Waals surface area contributed by atoms with Crippen LogP contribution in [-0.4, -0.2) is 38.1 Å². The first-order valence-corrected chi connectivity index (χ1v) is 7.53. The number of carbonyl (C=O) groups excluding carboxylic acids is 1. The van der Waals surface area contributed by atoms with Crippen LogP contribution in [-0.2, 0) is 0 Å². The SMILES string of the molecule is COc1c(Nc2c(NC(C)C)c(=O)c2=O)cccc1C(=O)N(C)C. The molecule has 2 aromatic rings. The highest BCUT2D eigenvalue weighted by molar-refractivity contribution is 5.99. The van der Waals surface area contributed by atoms with Gasteiger partial charge >= 0.3 is 0 Å². The average molecular weight is 331 g/mol. The Labute approximate surface area is 139 Å². The zero-order chi connectivity index (χ0) is 18.0. The van der Waals surface area contributed by atoms with E-state index in [0.717, 1.165) is 0 Å². The number of ether oxygens (including phenoxy) is 1. The predicted molar refractivity (Wildman–Crippen MR) is 94.4 cm³/mol.